The molecule has 0 fully saturated rings. The van der Waals surface area contributed by atoms with E-state index < -0.39 is 0 Å². The summed E-state index contributed by atoms with van der Waals surface area (Å²) in [5.74, 6) is 0.592. The summed E-state index contributed by atoms with van der Waals surface area (Å²) in [6.45, 7) is 8.61. The van der Waals surface area contributed by atoms with E-state index in [-0.39, 0.29) is 0 Å². The quantitative estimate of drug-likeness (QED) is 0.730. The molecule has 0 aromatic heterocycles. The summed E-state index contributed by atoms with van der Waals surface area (Å²) in [6.07, 6.45) is 6.51. The van der Waals surface area contributed by atoms with E-state index in [1.54, 1.807) is 0 Å². The van der Waals surface area contributed by atoms with Gasteiger partial charge in [0.1, 0.15) is 0 Å². The molecule has 0 unspecified atom stereocenters. The maximum absolute atomic E-state index is 3.38. The van der Waals surface area contributed by atoms with Crippen molar-refractivity contribution in [1.82, 2.24) is 5.32 Å². The van der Waals surface area contributed by atoms with Gasteiger partial charge in [-0.3, -0.25) is 0 Å². The first-order chi connectivity index (χ1) is 8.24. The Morgan fingerprint density at radius 2 is 1.94 bits per heavy atom. The van der Waals surface area contributed by atoms with Crippen LogP contribution >= 0.6 is 0 Å². The lowest BCUT2D eigenvalue weighted by Crippen LogP contribution is -2.18. The highest BCUT2D eigenvalue weighted by atomic mass is 14.8. The summed E-state index contributed by atoms with van der Waals surface area (Å²) in [5.41, 5.74) is 2.69. The van der Waals surface area contributed by atoms with E-state index in [1.165, 1.54) is 11.1 Å². The molecule has 0 saturated heterocycles. The summed E-state index contributed by atoms with van der Waals surface area (Å²) in [5, 5.41) is 3.38. The monoisotopic (exact) mass is 229 g/mol. The third-order valence-corrected chi connectivity index (χ3v) is 2.72. The van der Waals surface area contributed by atoms with Crippen LogP contribution in [0.3, 0.4) is 0 Å². The number of hydrogen-bond donors (Lipinski definition) is 1. The van der Waals surface area contributed by atoms with Crippen molar-refractivity contribution in [3.63, 3.8) is 0 Å². The molecule has 1 rings (SSSR count). The van der Waals surface area contributed by atoms with Crippen molar-refractivity contribution in [1.29, 1.82) is 0 Å². The summed E-state index contributed by atoms with van der Waals surface area (Å²) in [7, 11) is 0. The minimum Gasteiger partial charge on any atom is -0.313 e. The molecular weight excluding hydrogens is 206 g/mol. The maximum atomic E-state index is 3.38. The Labute approximate surface area is 105 Å². The van der Waals surface area contributed by atoms with Crippen LogP contribution in [0.5, 0.6) is 0 Å². The largest absolute Gasteiger partial charge is 0.313 e. The number of benzene rings is 1. The van der Waals surface area contributed by atoms with Gasteiger partial charge in [0, 0.05) is 6.54 Å². The van der Waals surface area contributed by atoms with Crippen molar-refractivity contribution < 1.29 is 0 Å². The van der Waals surface area contributed by atoms with Gasteiger partial charge in [0.15, 0.2) is 0 Å². The fraction of sp³-hybridized carbons (Fsp3) is 0.375. The Hall–Kier alpha value is -1.34. The number of allylic oxidation sites excluding steroid dienone is 2. The first-order valence-electron chi connectivity index (χ1n) is 6.37. The average Bonchev–Trinajstić information content (AvgIpc) is 2.34. The van der Waals surface area contributed by atoms with Crippen molar-refractivity contribution >= 4 is 6.08 Å². The molecule has 0 amide bonds. The van der Waals surface area contributed by atoms with Gasteiger partial charge in [-0.2, -0.15) is 0 Å². The van der Waals surface area contributed by atoms with Crippen molar-refractivity contribution in [2.45, 2.75) is 20.8 Å². The Kier molecular flexibility index (Phi) is 6.34. The Balaban J connectivity index is 2.62. The second kappa shape index (κ2) is 7.86. The van der Waals surface area contributed by atoms with E-state index in [1.807, 2.05) is 6.07 Å². The minimum atomic E-state index is 0.592. The van der Waals surface area contributed by atoms with Gasteiger partial charge in [-0.15, -0.1) is 0 Å². The van der Waals surface area contributed by atoms with E-state index in [4.69, 9.17) is 0 Å². The summed E-state index contributed by atoms with van der Waals surface area (Å²) in [6, 6.07) is 10.4. The molecule has 1 N–H and O–H groups in total. The van der Waals surface area contributed by atoms with E-state index in [9.17, 15) is 0 Å². The maximum Gasteiger partial charge on any atom is 0.0170 e. The molecule has 0 aliphatic rings. The van der Waals surface area contributed by atoms with Crippen molar-refractivity contribution in [2.24, 2.45) is 5.92 Å². The zero-order valence-electron chi connectivity index (χ0n) is 11.1. The molecular formula is C16H23N. The van der Waals surface area contributed by atoms with E-state index in [0.717, 1.165) is 13.1 Å². The Morgan fingerprint density at radius 3 is 2.53 bits per heavy atom. The second-order valence-corrected chi connectivity index (χ2v) is 4.45. The number of nitrogens with one attached hydrogen (secondary N) is 1. The first-order valence-corrected chi connectivity index (χ1v) is 6.37. The predicted octanol–water partition coefficient (Wildman–Crippen LogP) is 3.89. The van der Waals surface area contributed by atoms with Crippen LogP contribution < -0.4 is 5.32 Å². The van der Waals surface area contributed by atoms with Crippen LogP contribution in [0.2, 0.25) is 0 Å². The lowest BCUT2D eigenvalue weighted by atomic mass is 10.0. The smallest absolute Gasteiger partial charge is 0.0170 e. The van der Waals surface area contributed by atoms with Gasteiger partial charge >= 0.3 is 0 Å². The molecule has 0 saturated carbocycles. The summed E-state index contributed by atoms with van der Waals surface area (Å²) in [4.78, 5) is 0. The van der Waals surface area contributed by atoms with Gasteiger partial charge < -0.3 is 5.32 Å². The molecule has 92 valence electrons. The highest BCUT2D eigenvalue weighted by Gasteiger charge is 2.00. The molecule has 1 aromatic rings. The summed E-state index contributed by atoms with van der Waals surface area (Å²) >= 11 is 0. The molecule has 1 heteroatoms. The van der Waals surface area contributed by atoms with Crippen LogP contribution in [0.25, 0.3) is 6.08 Å². The van der Waals surface area contributed by atoms with E-state index in [0.29, 0.717) is 5.92 Å². The second-order valence-electron chi connectivity index (χ2n) is 4.45. The molecule has 0 aliphatic carbocycles. The van der Waals surface area contributed by atoms with Gasteiger partial charge in [-0.1, -0.05) is 74.9 Å². The standard InChI is InChI=1S/C16H23N/c1-4-17-13-16(14(2)3)12-8-11-15-9-6-5-7-10-15/h5-12,14,17H,4,13H2,1-3H3. The Morgan fingerprint density at radius 1 is 1.24 bits per heavy atom. The molecule has 17 heavy (non-hydrogen) atoms. The van der Waals surface area contributed by atoms with Gasteiger partial charge in [-0.25, -0.2) is 0 Å². The molecule has 0 spiro atoms. The fourth-order valence-corrected chi connectivity index (χ4v) is 1.57. The highest BCUT2D eigenvalue weighted by molar-refractivity contribution is 5.51. The van der Waals surface area contributed by atoms with Crippen molar-refractivity contribution in [3.8, 4) is 0 Å². The first kappa shape index (κ1) is 13.7. The zero-order chi connectivity index (χ0) is 12.5. The molecule has 0 heterocycles. The molecule has 0 bridgehead atoms. The molecule has 0 atom stereocenters. The molecule has 1 aromatic carbocycles. The van der Waals surface area contributed by atoms with Crippen LogP contribution in [0, 0.1) is 5.92 Å². The van der Waals surface area contributed by atoms with Crippen LogP contribution in [0.4, 0.5) is 0 Å². The third-order valence-electron chi connectivity index (χ3n) is 2.72. The molecule has 0 radical (unpaired) electrons. The average molecular weight is 229 g/mol. The predicted molar refractivity (Wildman–Crippen MR) is 76.9 cm³/mol. The van der Waals surface area contributed by atoms with Gasteiger partial charge in [0.2, 0.25) is 0 Å². The SMILES string of the molecule is CCNCC(=CC=Cc1ccccc1)C(C)C. The van der Waals surface area contributed by atoms with Crippen LogP contribution in [0.15, 0.2) is 48.1 Å². The lowest BCUT2D eigenvalue weighted by Gasteiger charge is -2.10. The number of likely N-dealkylation sites (N-methyl/N-ethyl adjacent to an activating group) is 1. The Bertz CT molecular complexity index is 360. The third kappa shape index (κ3) is 5.50. The van der Waals surface area contributed by atoms with Crippen LogP contribution in [-0.2, 0) is 0 Å². The van der Waals surface area contributed by atoms with E-state index in [2.05, 4.69) is 68.6 Å². The molecule has 0 aliphatic heterocycles. The van der Waals surface area contributed by atoms with Gasteiger partial charge in [-0.05, 0) is 18.0 Å². The topological polar surface area (TPSA) is 12.0 Å². The highest BCUT2D eigenvalue weighted by Crippen LogP contribution is 2.09. The van der Waals surface area contributed by atoms with Gasteiger partial charge in [0.05, 0.1) is 0 Å². The van der Waals surface area contributed by atoms with Crippen LogP contribution in [-0.4, -0.2) is 13.1 Å². The van der Waals surface area contributed by atoms with E-state index >= 15 is 0 Å². The zero-order valence-corrected chi connectivity index (χ0v) is 11.1. The minimum absolute atomic E-state index is 0.592. The van der Waals surface area contributed by atoms with Crippen LogP contribution in [0.1, 0.15) is 26.3 Å². The molecule has 1 nitrogen and oxygen atoms in total. The van der Waals surface area contributed by atoms with Gasteiger partial charge in [0.25, 0.3) is 0 Å². The summed E-state index contributed by atoms with van der Waals surface area (Å²) < 4.78 is 0. The number of rotatable bonds is 6. The number of hydrogen-bond acceptors (Lipinski definition) is 1. The lowest BCUT2D eigenvalue weighted by molar-refractivity contribution is 0.677. The van der Waals surface area contributed by atoms with Crippen molar-refractivity contribution in [2.75, 3.05) is 13.1 Å². The fourth-order valence-electron chi connectivity index (χ4n) is 1.57. The normalized spacial score (nSPS) is 12.6. The van der Waals surface area contributed by atoms with Crippen molar-refractivity contribution in [3.05, 3.63) is 53.6 Å².